The van der Waals surface area contributed by atoms with Crippen LogP contribution in [0.15, 0.2) is 35.1 Å². The van der Waals surface area contributed by atoms with Crippen molar-refractivity contribution in [3.8, 4) is 0 Å². The lowest BCUT2D eigenvalue weighted by Gasteiger charge is -2.08. The van der Waals surface area contributed by atoms with Crippen LogP contribution in [0, 0.1) is 6.92 Å². The van der Waals surface area contributed by atoms with Gasteiger partial charge in [0.25, 0.3) is 0 Å². The lowest BCUT2D eigenvalue weighted by atomic mass is 10.2. The van der Waals surface area contributed by atoms with E-state index < -0.39 is 0 Å². The van der Waals surface area contributed by atoms with Crippen molar-refractivity contribution in [2.75, 3.05) is 10.7 Å². The van der Waals surface area contributed by atoms with E-state index in [0.717, 1.165) is 15.7 Å². The predicted molar refractivity (Wildman–Crippen MR) is 72.0 cm³/mol. The first-order valence-corrected chi connectivity index (χ1v) is 5.79. The summed E-state index contributed by atoms with van der Waals surface area (Å²) < 4.78 is 1.01. The molecule has 6 heteroatoms. The van der Waals surface area contributed by atoms with Gasteiger partial charge >= 0.3 is 0 Å². The molecule has 1 aromatic heterocycles. The molecule has 0 unspecified atom stereocenters. The highest BCUT2D eigenvalue weighted by Gasteiger charge is 2.00. The quantitative estimate of drug-likeness (QED) is 0.599. The van der Waals surface area contributed by atoms with Crippen LogP contribution in [0.2, 0.25) is 0 Å². The average molecular weight is 294 g/mol. The summed E-state index contributed by atoms with van der Waals surface area (Å²) in [6.07, 6.45) is 3.19. The zero-order chi connectivity index (χ0) is 12.3. The van der Waals surface area contributed by atoms with Gasteiger partial charge in [-0.2, -0.15) is 0 Å². The first kappa shape index (κ1) is 11.8. The third-order valence-electron chi connectivity index (χ3n) is 2.10. The van der Waals surface area contributed by atoms with Gasteiger partial charge in [-0.25, -0.2) is 10.8 Å². The van der Waals surface area contributed by atoms with Crippen LogP contribution in [0.3, 0.4) is 0 Å². The largest absolute Gasteiger partial charge is 0.339 e. The minimum atomic E-state index is 0.515. The lowest BCUT2D eigenvalue weighted by Crippen LogP contribution is -2.09. The van der Waals surface area contributed by atoms with Gasteiger partial charge in [-0.05, 0) is 30.7 Å². The molecule has 0 aliphatic heterocycles. The number of hydrogen-bond donors (Lipinski definition) is 3. The second-order valence-electron chi connectivity index (χ2n) is 3.58. The molecular weight excluding hydrogens is 282 g/mol. The highest BCUT2D eigenvalue weighted by Crippen LogP contribution is 2.21. The van der Waals surface area contributed by atoms with E-state index >= 15 is 0 Å². The van der Waals surface area contributed by atoms with E-state index in [1.54, 1.807) is 12.4 Å². The van der Waals surface area contributed by atoms with Gasteiger partial charge in [-0.15, -0.1) is 0 Å². The molecule has 1 aromatic carbocycles. The van der Waals surface area contributed by atoms with Crippen LogP contribution in [-0.4, -0.2) is 9.97 Å². The van der Waals surface area contributed by atoms with Crippen LogP contribution >= 0.6 is 15.9 Å². The first-order chi connectivity index (χ1) is 8.17. The summed E-state index contributed by atoms with van der Waals surface area (Å²) in [4.78, 5) is 8.24. The number of anilines is 3. The molecular formula is C11H12BrN5. The summed E-state index contributed by atoms with van der Waals surface area (Å²) in [6, 6.07) is 6.03. The molecule has 0 saturated carbocycles. The van der Waals surface area contributed by atoms with Crippen LogP contribution in [0.25, 0.3) is 0 Å². The number of nitrogen functional groups attached to an aromatic ring is 1. The van der Waals surface area contributed by atoms with Crippen molar-refractivity contribution in [1.82, 2.24) is 9.97 Å². The third-order valence-corrected chi connectivity index (χ3v) is 2.55. The Balaban J connectivity index is 2.24. The van der Waals surface area contributed by atoms with Gasteiger partial charge < -0.3 is 10.7 Å². The Hall–Kier alpha value is -1.66. The van der Waals surface area contributed by atoms with Crippen molar-refractivity contribution in [1.29, 1.82) is 0 Å². The Bertz CT molecular complexity index is 509. The summed E-state index contributed by atoms with van der Waals surface area (Å²) in [5, 5.41) is 3.16. The number of halogens is 1. The first-order valence-electron chi connectivity index (χ1n) is 5.00. The second kappa shape index (κ2) is 5.11. The highest BCUT2D eigenvalue weighted by molar-refractivity contribution is 9.10. The maximum Gasteiger partial charge on any atom is 0.160 e. The number of aryl methyl sites for hydroxylation is 1. The fourth-order valence-electron chi connectivity index (χ4n) is 1.45. The van der Waals surface area contributed by atoms with Crippen LogP contribution in [0.4, 0.5) is 17.3 Å². The van der Waals surface area contributed by atoms with E-state index in [-0.39, 0.29) is 0 Å². The van der Waals surface area contributed by atoms with Crippen molar-refractivity contribution in [2.45, 2.75) is 6.92 Å². The van der Waals surface area contributed by atoms with Crippen LogP contribution < -0.4 is 16.6 Å². The molecule has 0 saturated heterocycles. The number of benzene rings is 1. The molecule has 0 amide bonds. The van der Waals surface area contributed by atoms with E-state index in [1.165, 1.54) is 0 Å². The fraction of sp³-hybridized carbons (Fsp3) is 0.0909. The molecule has 0 fully saturated rings. The lowest BCUT2D eigenvalue weighted by molar-refractivity contribution is 1.16. The standard InChI is InChI=1S/C11H12BrN5/c1-7-2-8(12)4-9(3-7)15-10-5-14-6-11(16-10)17-13/h2-6H,13H2,1H3,(H2,15,16,17). The predicted octanol–water partition coefficient (Wildman–Crippen LogP) is 2.58. The number of hydrogen-bond acceptors (Lipinski definition) is 5. The molecule has 2 aromatic rings. The number of nitrogens with one attached hydrogen (secondary N) is 2. The van der Waals surface area contributed by atoms with Crippen LogP contribution in [-0.2, 0) is 0 Å². The average Bonchev–Trinajstić information content (AvgIpc) is 2.28. The summed E-state index contributed by atoms with van der Waals surface area (Å²) in [7, 11) is 0. The smallest absolute Gasteiger partial charge is 0.160 e. The number of nitrogens with zero attached hydrogens (tertiary/aromatic N) is 2. The molecule has 0 aliphatic rings. The molecule has 88 valence electrons. The van der Waals surface area contributed by atoms with Gasteiger partial charge in [0, 0.05) is 10.2 Å². The van der Waals surface area contributed by atoms with Gasteiger partial charge in [0.05, 0.1) is 12.4 Å². The van der Waals surface area contributed by atoms with E-state index in [2.05, 4.69) is 36.6 Å². The summed E-state index contributed by atoms with van der Waals surface area (Å²) in [6.45, 7) is 2.03. The van der Waals surface area contributed by atoms with E-state index in [0.29, 0.717) is 11.6 Å². The van der Waals surface area contributed by atoms with E-state index in [1.807, 2.05) is 25.1 Å². The Kier molecular flexibility index (Phi) is 3.55. The minimum absolute atomic E-state index is 0.515. The third kappa shape index (κ3) is 3.15. The van der Waals surface area contributed by atoms with E-state index in [9.17, 15) is 0 Å². The number of nitrogens with two attached hydrogens (primary N) is 1. The molecule has 0 spiro atoms. The van der Waals surface area contributed by atoms with Crippen molar-refractivity contribution in [3.05, 3.63) is 40.6 Å². The fourth-order valence-corrected chi connectivity index (χ4v) is 2.06. The van der Waals surface area contributed by atoms with Crippen molar-refractivity contribution in [2.24, 2.45) is 5.84 Å². The zero-order valence-electron chi connectivity index (χ0n) is 9.24. The summed E-state index contributed by atoms with van der Waals surface area (Å²) in [5.74, 6) is 6.43. The normalized spacial score (nSPS) is 10.1. The van der Waals surface area contributed by atoms with Crippen molar-refractivity contribution >= 4 is 33.3 Å². The Morgan fingerprint density at radius 2 is 1.94 bits per heavy atom. The second-order valence-corrected chi connectivity index (χ2v) is 4.49. The van der Waals surface area contributed by atoms with Gasteiger partial charge in [0.1, 0.15) is 0 Å². The molecule has 0 bridgehead atoms. The van der Waals surface area contributed by atoms with Gasteiger partial charge in [-0.3, -0.25) is 4.98 Å². The molecule has 0 aliphatic carbocycles. The Labute approximate surface area is 108 Å². The summed E-state index contributed by atoms with van der Waals surface area (Å²) in [5.41, 5.74) is 4.55. The monoisotopic (exact) mass is 293 g/mol. The van der Waals surface area contributed by atoms with Crippen LogP contribution in [0.5, 0.6) is 0 Å². The molecule has 5 nitrogen and oxygen atoms in total. The SMILES string of the molecule is Cc1cc(Br)cc(Nc2cncc(NN)n2)c1. The van der Waals surface area contributed by atoms with Gasteiger partial charge in [-0.1, -0.05) is 15.9 Å². The number of rotatable bonds is 3. The van der Waals surface area contributed by atoms with Crippen LogP contribution in [0.1, 0.15) is 5.56 Å². The highest BCUT2D eigenvalue weighted by atomic mass is 79.9. The zero-order valence-corrected chi connectivity index (χ0v) is 10.8. The Morgan fingerprint density at radius 1 is 1.18 bits per heavy atom. The molecule has 2 rings (SSSR count). The minimum Gasteiger partial charge on any atom is -0.339 e. The molecule has 17 heavy (non-hydrogen) atoms. The van der Waals surface area contributed by atoms with Crippen molar-refractivity contribution in [3.63, 3.8) is 0 Å². The van der Waals surface area contributed by atoms with Gasteiger partial charge in [0.2, 0.25) is 0 Å². The Morgan fingerprint density at radius 3 is 2.65 bits per heavy atom. The topological polar surface area (TPSA) is 75.9 Å². The number of aromatic nitrogens is 2. The summed E-state index contributed by atoms with van der Waals surface area (Å²) >= 11 is 3.45. The maximum atomic E-state index is 5.27. The van der Waals surface area contributed by atoms with E-state index in [4.69, 9.17) is 5.84 Å². The van der Waals surface area contributed by atoms with Crippen molar-refractivity contribution < 1.29 is 0 Å². The molecule has 0 radical (unpaired) electrons. The maximum absolute atomic E-state index is 5.27. The molecule has 1 heterocycles. The van der Waals surface area contributed by atoms with Gasteiger partial charge in [0.15, 0.2) is 11.6 Å². The number of hydrazine groups is 1. The molecule has 4 N–H and O–H groups in total. The molecule has 0 atom stereocenters.